The number of nitrogens with two attached hydrogens (primary N) is 1. The number of hydrogen-bond acceptors (Lipinski definition) is 5. The average molecular weight is 252 g/mol. The summed E-state index contributed by atoms with van der Waals surface area (Å²) in [7, 11) is 0. The molecule has 2 aliphatic rings. The van der Waals surface area contributed by atoms with E-state index in [1.165, 1.54) is 4.90 Å². The summed E-state index contributed by atoms with van der Waals surface area (Å²) in [5.74, 6) is 0.0556. The number of anilines is 1. The van der Waals surface area contributed by atoms with Gasteiger partial charge in [-0.2, -0.15) is 5.10 Å². The Bertz CT molecular complexity index is 473. The lowest BCUT2D eigenvalue weighted by Crippen LogP contribution is -2.30. The van der Waals surface area contributed by atoms with Gasteiger partial charge in [-0.05, 0) is 12.8 Å². The third kappa shape index (κ3) is 1.75. The van der Waals surface area contributed by atoms with E-state index in [2.05, 4.69) is 10.2 Å². The second-order valence-corrected chi connectivity index (χ2v) is 5.02. The number of hydrogen-bond donors (Lipinski definition) is 4. The topological polar surface area (TPSA) is 115 Å². The number of β-amino-alcohol motifs (C(OH)–C–C–N with tert-alkyl or cyclic N) is 2. The van der Waals surface area contributed by atoms with Crippen molar-refractivity contribution in [2.75, 3.05) is 18.8 Å². The minimum atomic E-state index is -0.892. The molecule has 3 rings (SSSR count). The maximum absolute atomic E-state index is 12.2. The number of H-pyrrole nitrogens is 1. The van der Waals surface area contributed by atoms with E-state index < -0.39 is 12.2 Å². The number of likely N-dealkylation sites (tertiary alicyclic amines) is 1. The number of nitrogens with zero attached hydrogens (tertiary/aromatic N) is 2. The molecule has 1 aliphatic carbocycles. The fourth-order valence-corrected chi connectivity index (χ4v) is 2.30. The van der Waals surface area contributed by atoms with Crippen LogP contribution in [0.15, 0.2) is 0 Å². The maximum Gasteiger partial charge on any atom is 0.276 e. The van der Waals surface area contributed by atoms with Crippen LogP contribution in [0.25, 0.3) is 0 Å². The van der Waals surface area contributed by atoms with Crippen LogP contribution in [0.2, 0.25) is 0 Å². The van der Waals surface area contributed by atoms with Crippen LogP contribution >= 0.6 is 0 Å². The van der Waals surface area contributed by atoms with Crippen molar-refractivity contribution in [2.24, 2.45) is 0 Å². The van der Waals surface area contributed by atoms with Crippen molar-refractivity contribution < 1.29 is 15.0 Å². The van der Waals surface area contributed by atoms with Gasteiger partial charge in [-0.25, -0.2) is 0 Å². The van der Waals surface area contributed by atoms with E-state index in [9.17, 15) is 15.0 Å². The van der Waals surface area contributed by atoms with Crippen molar-refractivity contribution in [1.29, 1.82) is 0 Å². The summed E-state index contributed by atoms with van der Waals surface area (Å²) >= 11 is 0. The smallest absolute Gasteiger partial charge is 0.276 e. The number of aromatic amines is 1. The van der Waals surface area contributed by atoms with Crippen LogP contribution in [-0.2, 0) is 0 Å². The SMILES string of the molecule is Nc1c(C(=O)N2C[C@@H](O)[C@@H](O)C2)n[nH]c1C1CC1. The van der Waals surface area contributed by atoms with Crippen LogP contribution in [0, 0.1) is 0 Å². The summed E-state index contributed by atoms with van der Waals surface area (Å²) in [6.45, 7) is 0.232. The summed E-state index contributed by atoms with van der Waals surface area (Å²) in [4.78, 5) is 13.5. The Kier molecular flexibility index (Phi) is 2.53. The van der Waals surface area contributed by atoms with Gasteiger partial charge in [0.15, 0.2) is 5.69 Å². The van der Waals surface area contributed by atoms with Crippen LogP contribution in [-0.4, -0.2) is 56.5 Å². The van der Waals surface area contributed by atoms with E-state index in [4.69, 9.17) is 5.73 Å². The summed E-state index contributed by atoms with van der Waals surface area (Å²) < 4.78 is 0. The molecule has 2 heterocycles. The van der Waals surface area contributed by atoms with Crippen molar-refractivity contribution in [3.05, 3.63) is 11.4 Å². The largest absolute Gasteiger partial charge is 0.395 e. The fourth-order valence-electron chi connectivity index (χ4n) is 2.30. The van der Waals surface area contributed by atoms with Gasteiger partial charge in [-0.15, -0.1) is 0 Å². The number of nitrogens with one attached hydrogen (secondary N) is 1. The first kappa shape index (κ1) is 11.5. The van der Waals surface area contributed by atoms with Gasteiger partial charge in [0.25, 0.3) is 5.91 Å². The summed E-state index contributed by atoms with van der Waals surface area (Å²) in [5.41, 5.74) is 7.34. The molecule has 0 unspecified atom stereocenters. The Morgan fingerprint density at radius 3 is 2.50 bits per heavy atom. The molecule has 0 radical (unpaired) electrons. The van der Waals surface area contributed by atoms with Gasteiger partial charge < -0.3 is 20.8 Å². The molecule has 98 valence electrons. The Hall–Kier alpha value is -1.60. The lowest BCUT2D eigenvalue weighted by Gasteiger charge is -2.13. The molecule has 1 amide bonds. The van der Waals surface area contributed by atoms with Crippen molar-refractivity contribution in [3.63, 3.8) is 0 Å². The number of carbonyl (C=O) groups excluding carboxylic acids is 1. The van der Waals surface area contributed by atoms with E-state index in [-0.39, 0.29) is 24.7 Å². The quantitative estimate of drug-likeness (QED) is 0.541. The molecule has 7 nitrogen and oxygen atoms in total. The highest BCUT2D eigenvalue weighted by atomic mass is 16.3. The van der Waals surface area contributed by atoms with Crippen molar-refractivity contribution in [2.45, 2.75) is 31.0 Å². The van der Waals surface area contributed by atoms with Crippen LogP contribution in [0.5, 0.6) is 0 Å². The highest BCUT2D eigenvalue weighted by Gasteiger charge is 2.36. The van der Waals surface area contributed by atoms with Gasteiger partial charge in [0.05, 0.1) is 23.6 Å². The van der Waals surface area contributed by atoms with Gasteiger partial charge in [-0.1, -0.05) is 0 Å². The number of carbonyl (C=O) groups is 1. The minimum absolute atomic E-state index is 0.116. The zero-order valence-corrected chi connectivity index (χ0v) is 9.83. The number of aromatic nitrogens is 2. The molecule has 2 atom stereocenters. The Balaban J connectivity index is 1.80. The minimum Gasteiger partial charge on any atom is -0.395 e. The van der Waals surface area contributed by atoms with Gasteiger partial charge in [0, 0.05) is 19.0 Å². The molecule has 2 fully saturated rings. The first-order valence-corrected chi connectivity index (χ1v) is 6.07. The molecule has 1 aliphatic heterocycles. The third-order valence-corrected chi connectivity index (χ3v) is 3.57. The summed E-state index contributed by atoms with van der Waals surface area (Å²) in [6.07, 6.45) is 0.358. The summed E-state index contributed by atoms with van der Waals surface area (Å²) in [6, 6.07) is 0. The van der Waals surface area contributed by atoms with Crippen molar-refractivity contribution in [1.82, 2.24) is 15.1 Å². The second kappa shape index (κ2) is 3.96. The predicted molar refractivity (Wildman–Crippen MR) is 62.9 cm³/mol. The van der Waals surface area contributed by atoms with E-state index in [1.54, 1.807) is 0 Å². The Morgan fingerprint density at radius 2 is 1.94 bits per heavy atom. The standard InChI is InChI=1S/C11H16N4O3/c12-8-9(5-1-2-5)13-14-10(8)11(18)15-3-6(16)7(17)4-15/h5-7,16-17H,1-4,12H2,(H,13,14)/t6-,7+. The lowest BCUT2D eigenvalue weighted by atomic mass is 10.2. The number of aliphatic hydroxyl groups excluding tert-OH is 2. The first-order chi connectivity index (χ1) is 8.58. The molecule has 1 aromatic rings. The molecule has 1 saturated carbocycles. The molecular formula is C11H16N4O3. The van der Waals surface area contributed by atoms with Crippen molar-refractivity contribution >= 4 is 11.6 Å². The van der Waals surface area contributed by atoms with E-state index in [1.807, 2.05) is 0 Å². The van der Waals surface area contributed by atoms with Gasteiger partial charge in [-0.3, -0.25) is 9.89 Å². The van der Waals surface area contributed by atoms with E-state index in [0.717, 1.165) is 18.5 Å². The Labute approximate surface area is 104 Å². The highest BCUT2D eigenvalue weighted by Crippen LogP contribution is 2.42. The van der Waals surface area contributed by atoms with Crippen LogP contribution in [0.1, 0.15) is 34.9 Å². The molecule has 1 saturated heterocycles. The zero-order chi connectivity index (χ0) is 12.9. The summed E-state index contributed by atoms with van der Waals surface area (Å²) in [5, 5.41) is 25.6. The van der Waals surface area contributed by atoms with Gasteiger partial charge >= 0.3 is 0 Å². The zero-order valence-electron chi connectivity index (χ0n) is 9.83. The second-order valence-electron chi connectivity index (χ2n) is 5.02. The highest BCUT2D eigenvalue weighted by molar-refractivity contribution is 5.98. The monoisotopic (exact) mass is 252 g/mol. The molecule has 5 N–H and O–H groups in total. The number of nitrogen functional groups attached to an aromatic ring is 1. The molecular weight excluding hydrogens is 236 g/mol. The predicted octanol–water partition coefficient (Wildman–Crippen LogP) is -0.953. The molecule has 0 bridgehead atoms. The van der Waals surface area contributed by atoms with E-state index in [0.29, 0.717) is 11.6 Å². The normalized spacial score (nSPS) is 27.8. The lowest BCUT2D eigenvalue weighted by molar-refractivity contribution is 0.0572. The van der Waals surface area contributed by atoms with Crippen molar-refractivity contribution in [3.8, 4) is 0 Å². The average Bonchev–Trinajstić information content (AvgIpc) is 3.03. The van der Waals surface area contributed by atoms with Gasteiger partial charge in [0.1, 0.15) is 0 Å². The fraction of sp³-hybridized carbons (Fsp3) is 0.636. The number of amides is 1. The number of aliphatic hydroxyl groups is 2. The Morgan fingerprint density at radius 1 is 1.33 bits per heavy atom. The molecule has 0 spiro atoms. The van der Waals surface area contributed by atoms with Crippen LogP contribution in [0.3, 0.4) is 0 Å². The molecule has 18 heavy (non-hydrogen) atoms. The van der Waals surface area contributed by atoms with E-state index >= 15 is 0 Å². The molecule has 1 aromatic heterocycles. The third-order valence-electron chi connectivity index (χ3n) is 3.57. The molecule has 0 aromatic carbocycles. The van der Waals surface area contributed by atoms with Gasteiger partial charge in [0.2, 0.25) is 0 Å². The van der Waals surface area contributed by atoms with Crippen LogP contribution in [0.4, 0.5) is 5.69 Å². The maximum atomic E-state index is 12.2. The first-order valence-electron chi connectivity index (χ1n) is 6.07. The number of rotatable bonds is 2. The van der Waals surface area contributed by atoms with Crippen LogP contribution < -0.4 is 5.73 Å². The molecule has 7 heteroatoms.